The van der Waals surface area contributed by atoms with Crippen molar-refractivity contribution < 1.29 is 4.74 Å². The summed E-state index contributed by atoms with van der Waals surface area (Å²) in [6.07, 6.45) is 1.56. The van der Waals surface area contributed by atoms with Crippen LogP contribution in [0.4, 0.5) is 0 Å². The standard InChI is InChI=1S/C16H19N5O/c1-11(2)14-9-15(20(3)19-14)16-17-10-18-21(16)12-5-7-13(22-4)8-6-12/h5-11H,1-4H3. The third-order valence-corrected chi connectivity index (χ3v) is 3.58. The van der Waals surface area contributed by atoms with E-state index in [2.05, 4.69) is 35.1 Å². The molecular formula is C16H19N5O. The van der Waals surface area contributed by atoms with Gasteiger partial charge in [0.05, 0.1) is 18.5 Å². The molecule has 3 aromatic rings. The Kier molecular flexibility index (Phi) is 3.66. The zero-order valence-electron chi connectivity index (χ0n) is 13.2. The summed E-state index contributed by atoms with van der Waals surface area (Å²) in [5.41, 5.74) is 2.92. The third-order valence-electron chi connectivity index (χ3n) is 3.58. The topological polar surface area (TPSA) is 57.8 Å². The Hall–Kier alpha value is -2.63. The molecule has 2 heterocycles. The van der Waals surface area contributed by atoms with Crippen molar-refractivity contribution in [2.45, 2.75) is 19.8 Å². The third kappa shape index (κ3) is 2.47. The number of hydrogen-bond acceptors (Lipinski definition) is 4. The molecule has 6 heteroatoms. The number of methoxy groups -OCH3 is 1. The number of hydrogen-bond donors (Lipinski definition) is 0. The second-order valence-corrected chi connectivity index (χ2v) is 5.43. The van der Waals surface area contributed by atoms with E-state index in [0.717, 1.165) is 28.6 Å². The maximum Gasteiger partial charge on any atom is 0.181 e. The van der Waals surface area contributed by atoms with Crippen LogP contribution in [0.3, 0.4) is 0 Å². The van der Waals surface area contributed by atoms with Gasteiger partial charge in [-0.15, -0.1) is 0 Å². The first-order valence-corrected chi connectivity index (χ1v) is 7.19. The van der Waals surface area contributed by atoms with Gasteiger partial charge in [-0.05, 0) is 36.2 Å². The van der Waals surface area contributed by atoms with E-state index in [4.69, 9.17) is 4.74 Å². The van der Waals surface area contributed by atoms with Crippen molar-refractivity contribution >= 4 is 0 Å². The van der Waals surface area contributed by atoms with Crippen molar-refractivity contribution in [2.24, 2.45) is 7.05 Å². The lowest BCUT2D eigenvalue weighted by atomic mass is 10.1. The van der Waals surface area contributed by atoms with E-state index in [0.29, 0.717) is 5.92 Å². The minimum atomic E-state index is 0.373. The molecule has 114 valence electrons. The Bertz CT molecular complexity index is 770. The highest BCUT2D eigenvalue weighted by molar-refractivity contribution is 5.54. The molecule has 0 saturated heterocycles. The number of ether oxygens (including phenoxy) is 1. The molecule has 3 rings (SSSR count). The highest BCUT2D eigenvalue weighted by atomic mass is 16.5. The Morgan fingerprint density at radius 3 is 2.45 bits per heavy atom. The van der Waals surface area contributed by atoms with E-state index in [1.807, 2.05) is 36.0 Å². The molecule has 2 aromatic heterocycles. The van der Waals surface area contributed by atoms with Crippen LogP contribution in [-0.2, 0) is 7.05 Å². The van der Waals surface area contributed by atoms with Crippen molar-refractivity contribution in [2.75, 3.05) is 7.11 Å². The second kappa shape index (κ2) is 5.63. The average molecular weight is 297 g/mol. The van der Waals surface area contributed by atoms with Crippen molar-refractivity contribution in [3.8, 4) is 23.0 Å². The minimum absolute atomic E-state index is 0.373. The molecule has 0 spiro atoms. The second-order valence-electron chi connectivity index (χ2n) is 5.43. The zero-order chi connectivity index (χ0) is 15.7. The molecule has 0 unspecified atom stereocenters. The van der Waals surface area contributed by atoms with Crippen LogP contribution in [-0.4, -0.2) is 31.7 Å². The van der Waals surface area contributed by atoms with E-state index in [1.54, 1.807) is 18.1 Å². The van der Waals surface area contributed by atoms with Gasteiger partial charge in [-0.2, -0.15) is 10.2 Å². The summed E-state index contributed by atoms with van der Waals surface area (Å²) >= 11 is 0. The lowest BCUT2D eigenvalue weighted by molar-refractivity contribution is 0.414. The van der Waals surface area contributed by atoms with E-state index in [9.17, 15) is 0 Å². The Labute approximate surface area is 129 Å². The Morgan fingerprint density at radius 2 is 1.86 bits per heavy atom. The normalized spacial score (nSPS) is 11.1. The lowest BCUT2D eigenvalue weighted by Gasteiger charge is -2.07. The number of rotatable bonds is 4. The fourth-order valence-electron chi connectivity index (χ4n) is 2.31. The predicted molar refractivity (Wildman–Crippen MR) is 84.2 cm³/mol. The van der Waals surface area contributed by atoms with Gasteiger partial charge in [0.15, 0.2) is 5.82 Å². The maximum atomic E-state index is 5.19. The van der Waals surface area contributed by atoms with Gasteiger partial charge in [0, 0.05) is 7.05 Å². The summed E-state index contributed by atoms with van der Waals surface area (Å²) in [5, 5.41) is 8.88. The number of nitrogens with zero attached hydrogens (tertiary/aromatic N) is 5. The zero-order valence-corrected chi connectivity index (χ0v) is 13.2. The van der Waals surface area contributed by atoms with E-state index >= 15 is 0 Å². The summed E-state index contributed by atoms with van der Waals surface area (Å²) < 4.78 is 8.84. The molecule has 1 aromatic carbocycles. The van der Waals surface area contributed by atoms with Gasteiger partial charge in [-0.3, -0.25) is 4.68 Å². The molecule has 6 nitrogen and oxygen atoms in total. The van der Waals surface area contributed by atoms with Crippen molar-refractivity contribution in [1.82, 2.24) is 24.5 Å². The van der Waals surface area contributed by atoms with Crippen LogP contribution >= 0.6 is 0 Å². The molecule has 0 aliphatic rings. The molecule has 0 amide bonds. The highest BCUT2D eigenvalue weighted by Gasteiger charge is 2.16. The van der Waals surface area contributed by atoms with Gasteiger partial charge in [-0.1, -0.05) is 13.8 Å². The lowest BCUT2D eigenvalue weighted by Crippen LogP contribution is -2.03. The van der Waals surface area contributed by atoms with Crippen LogP contribution in [0.25, 0.3) is 17.2 Å². The first-order chi connectivity index (χ1) is 10.6. The fourth-order valence-corrected chi connectivity index (χ4v) is 2.31. The molecule has 22 heavy (non-hydrogen) atoms. The van der Waals surface area contributed by atoms with Gasteiger partial charge in [-0.25, -0.2) is 9.67 Å². The highest BCUT2D eigenvalue weighted by Crippen LogP contribution is 2.24. The molecule has 0 atom stereocenters. The Balaban J connectivity index is 2.04. The van der Waals surface area contributed by atoms with Crippen LogP contribution < -0.4 is 4.74 Å². The summed E-state index contributed by atoms with van der Waals surface area (Å²) in [6.45, 7) is 4.25. The van der Waals surface area contributed by atoms with Gasteiger partial charge < -0.3 is 4.74 Å². The molecule has 0 bridgehead atoms. The first-order valence-electron chi connectivity index (χ1n) is 7.19. The molecule has 0 saturated carbocycles. The number of aryl methyl sites for hydroxylation is 1. The summed E-state index contributed by atoms with van der Waals surface area (Å²) in [6, 6.07) is 9.79. The van der Waals surface area contributed by atoms with Gasteiger partial charge in [0.1, 0.15) is 17.8 Å². The van der Waals surface area contributed by atoms with Gasteiger partial charge >= 0.3 is 0 Å². The molecule has 0 N–H and O–H groups in total. The van der Waals surface area contributed by atoms with Crippen LogP contribution in [0.15, 0.2) is 36.7 Å². The van der Waals surface area contributed by atoms with Crippen LogP contribution in [0, 0.1) is 0 Å². The van der Waals surface area contributed by atoms with E-state index in [1.165, 1.54) is 0 Å². The summed E-state index contributed by atoms with van der Waals surface area (Å²) in [5.74, 6) is 1.96. The summed E-state index contributed by atoms with van der Waals surface area (Å²) in [7, 11) is 3.58. The Morgan fingerprint density at radius 1 is 1.14 bits per heavy atom. The van der Waals surface area contributed by atoms with Crippen LogP contribution in [0.5, 0.6) is 5.75 Å². The largest absolute Gasteiger partial charge is 0.497 e. The minimum Gasteiger partial charge on any atom is -0.497 e. The number of aromatic nitrogens is 5. The molecule has 0 fully saturated rings. The van der Waals surface area contributed by atoms with Crippen LogP contribution in [0.1, 0.15) is 25.5 Å². The smallest absolute Gasteiger partial charge is 0.181 e. The maximum absolute atomic E-state index is 5.19. The van der Waals surface area contributed by atoms with Crippen LogP contribution in [0.2, 0.25) is 0 Å². The molecule has 0 aliphatic carbocycles. The average Bonchev–Trinajstić information content (AvgIpc) is 3.13. The SMILES string of the molecule is COc1ccc(-n2ncnc2-c2cc(C(C)C)nn2C)cc1. The molecular weight excluding hydrogens is 278 g/mol. The van der Waals surface area contributed by atoms with E-state index in [-0.39, 0.29) is 0 Å². The first kappa shape index (κ1) is 14.3. The fraction of sp³-hybridized carbons (Fsp3) is 0.312. The van der Waals surface area contributed by atoms with E-state index < -0.39 is 0 Å². The number of benzene rings is 1. The van der Waals surface area contributed by atoms with Gasteiger partial charge in [0.25, 0.3) is 0 Å². The summed E-state index contributed by atoms with van der Waals surface area (Å²) in [4.78, 5) is 4.40. The predicted octanol–water partition coefficient (Wildman–Crippen LogP) is 2.80. The molecule has 0 radical (unpaired) electrons. The van der Waals surface area contributed by atoms with Crippen molar-refractivity contribution in [1.29, 1.82) is 0 Å². The molecule has 0 aliphatic heterocycles. The van der Waals surface area contributed by atoms with Gasteiger partial charge in [0.2, 0.25) is 0 Å². The quantitative estimate of drug-likeness (QED) is 0.743. The monoisotopic (exact) mass is 297 g/mol. The van der Waals surface area contributed by atoms with Crippen molar-refractivity contribution in [3.05, 3.63) is 42.4 Å². The van der Waals surface area contributed by atoms with Crippen molar-refractivity contribution in [3.63, 3.8) is 0 Å².